The van der Waals surface area contributed by atoms with Gasteiger partial charge in [-0.25, -0.2) is 0 Å². The fourth-order valence-corrected chi connectivity index (χ4v) is 1.13. The average molecular weight is 156 g/mol. The van der Waals surface area contributed by atoms with E-state index in [4.69, 9.17) is 5.41 Å². The van der Waals surface area contributed by atoms with E-state index in [-0.39, 0.29) is 12.5 Å². The van der Waals surface area contributed by atoms with Crippen molar-refractivity contribution < 1.29 is 9.53 Å². The zero-order valence-corrected chi connectivity index (χ0v) is 6.59. The van der Waals surface area contributed by atoms with Gasteiger partial charge in [0.1, 0.15) is 6.54 Å². The molecule has 0 bridgehead atoms. The van der Waals surface area contributed by atoms with Crippen LogP contribution in [-0.2, 0) is 9.53 Å². The van der Waals surface area contributed by atoms with Crippen molar-refractivity contribution >= 4 is 11.8 Å². The van der Waals surface area contributed by atoms with Crippen molar-refractivity contribution in [3.05, 3.63) is 0 Å². The van der Waals surface area contributed by atoms with Gasteiger partial charge in [0.2, 0.25) is 0 Å². The van der Waals surface area contributed by atoms with Crippen molar-refractivity contribution in [2.45, 2.75) is 12.8 Å². The highest BCUT2D eigenvalue weighted by Crippen LogP contribution is 2.08. The molecule has 1 aliphatic rings. The van der Waals surface area contributed by atoms with E-state index >= 15 is 0 Å². The van der Waals surface area contributed by atoms with Crippen LogP contribution in [-0.4, -0.2) is 36.9 Å². The lowest BCUT2D eigenvalue weighted by Crippen LogP contribution is -2.30. The van der Waals surface area contributed by atoms with Crippen molar-refractivity contribution in [3.8, 4) is 0 Å². The smallest absolute Gasteiger partial charge is 0.325 e. The number of hydrogen-bond donors (Lipinski definition) is 1. The van der Waals surface area contributed by atoms with Crippen molar-refractivity contribution in [1.82, 2.24) is 4.90 Å². The van der Waals surface area contributed by atoms with Gasteiger partial charge in [-0.3, -0.25) is 10.2 Å². The monoisotopic (exact) mass is 156 g/mol. The van der Waals surface area contributed by atoms with Crippen LogP contribution in [0.3, 0.4) is 0 Å². The van der Waals surface area contributed by atoms with Crippen LogP contribution in [0.25, 0.3) is 0 Å². The lowest BCUT2D eigenvalue weighted by Gasteiger charge is -2.14. The first-order chi connectivity index (χ1) is 5.24. The van der Waals surface area contributed by atoms with E-state index in [1.54, 1.807) is 4.90 Å². The summed E-state index contributed by atoms with van der Waals surface area (Å²) in [6.07, 6.45) is 1.77. The third-order valence-corrected chi connectivity index (χ3v) is 1.77. The van der Waals surface area contributed by atoms with Crippen LogP contribution < -0.4 is 0 Å². The molecule has 1 rings (SSSR count). The maximum absolute atomic E-state index is 10.8. The molecular weight excluding hydrogens is 144 g/mol. The molecule has 0 atom stereocenters. The summed E-state index contributed by atoms with van der Waals surface area (Å²) < 4.78 is 4.48. The largest absolute Gasteiger partial charge is 0.468 e. The summed E-state index contributed by atoms with van der Waals surface area (Å²) in [5.41, 5.74) is 0. The zero-order valence-electron chi connectivity index (χ0n) is 6.59. The first-order valence-electron chi connectivity index (χ1n) is 3.63. The van der Waals surface area contributed by atoms with Crippen LogP contribution >= 0.6 is 0 Å². The third kappa shape index (κ3) is 1.93. The van der Waals surface area contributed by atoms with Crippen LogP contribution in [0.1, 0.15) is 12.8 Å². The van der Waals surface area contributed by atoms with E-state index in [2.05, 4.69) is 4.74 Å². The molecule has 4 nitrogen and oxygen atoms in total. The quantitative estimate of drug-likeness (QED) is 0.582. The average Bonchev–Trinajstić information content (AvgIpc) is 2.37. The standard InChI is InChI=1S/C7H12N2O2/c1-11-7(10)5-9-4-2-3-6(9)8/h8H,2-5H2,1H3. The molecule has 1 aliphatic heterocycles. The number of amidine groups is 1. The molecule has 0 aromatic rings. The summed E-state index contributed by atoms with van der Waals surface area (Å²) in [6.45, 7) is 1.04. The van der Waals surface area contributed by atoms with Gasteiger partial charge >= 0.3 is 5.97 Å². The van der Waals surface area contributed by atoms with E-state index in [0.717, 1.165) is 19.4 Å². The number of esters is 1. The molecule has 1 heterocycles. The maximum Gasteiger partial charge on any atom is 0.325 e. The predicted molar refractivity (Wildman–Crippen MR) is 40.5 cm³/mol. The van der Waals surface area contributed by atoms with Gasteiger partial charge in [0.05, 0.1) is 12.9 Å². The van der Waals surface area contributed by atoms with Crippen LogP contribution in [0, 0.1) is 5.41 Å². The third-order valence-electron chi connectivity index (χ3n) is 1.77. The Hall–Kier alpha value is -1.06. The van der Waals surface area contributed by atoms with E-state index < -0.39 is 0 Å². The van der Waals surface area contributed by atoms with Crippen molar-refractivity contribution in [1.29, 1.82) is 5.41 Å². The summed E-state index contributed by atoms with van der Waals surface area (Å²) in [5.74, 6) is 0.284. The summed E-state index contributed by atoms with van der Waals surface area (Å²) >= 11 is 0. The minimum atomic E-state index is -0.267. The lowest BCUT2D eigenvalue weighted by atomic mass is 10.4. The fourth-order valence-electron chi connectivity index (χ4n) is 1.13. The van der Waals surface area contributed by atoms with Gasteiger partial charge in [0.15, 0.2) is 0 Å². The molecule has 1 N–H and O–H groups in total. The van der Waals surface area contributed by atoms with Gasteiger partial charge in [0, 0.05) is 13.0 Å². The summed E-state index contributed by atoms with van der Waals surface area (Å²) in [4.78, 5) is 12.5. The molecule has 1 fully saturated rings. The van der Waals surface area contributed by atoms with Gasteiger partial charge in [-0.05, 0) is 6.42 Å². The normalized spacial score (nSPS) is 17.2. The Labute approximate surface area is 65.6 Å². The van der Waals surface area contributed by atoms with Gasteiger partial charge in [-0.1, -0.05) is 0 Å². The van der Waals surface area contributed by atoms with Crippen molar-refractivity contribution in [3.63, 3.8) is 0 Å². The van der Waals surface area contributed by atoms with Crippen molar-refractivity contribution in [2.75, 3.05) is 20.2 Å². The Balaban J connectivity index is 2.36. The second-order valence-corrected chi connectivity index (χ2v) is 2.55. The molecule has 0 amide bonds. The number of methoxy groups -OCH3 is 1. The number of ether oxygens (including phenoxy) is 1. The minimum Gasteiger partial charge on any atom is -0.468 e. The SMILES string of the molecule is COC(=O)CN1CCCC1=N. The topological polar surface area (TPSA) is 53.4 Å². The van der Waals surface area contributed by atoms with Gasteiger partial charge in [-0.2, -0.15) is 0 Å². The van der Waals surface area contributed by atoms with E-state index in [1.807, 2.05) is 0 Å². The molecule has 0 aliphatic carbocycles. The van der Waals surface area contributed by atoms with Crippen LogP contribution in [0.15, 0.2) is 0 Å². The summed E-state index contributed by atoms with van der Waals surface area (Å²) in [5, 5.41) is 7.39. The van der Waals surface area contributed by atoms with Crippen LogP contribution in [0.4, 0.5) is 0 Å². The molecule has 1 saturated heterocycles. The number of hydrogen-bond acceptors (Lipinski definition) is 3. The highest BCUT2D eigenvalue weighted by Gasteiger charge is 2.19. The van der Waals surface area contributed by atoms with Crippen LogP contribution in [0.2, 0.25) is 0 Å². The molecule has 62 valence electrons. The second kappa shape index (κ2) is 3.37. The molecule has 0 unspecified atom stereocenters. The molecule has 0 saturated carbocycles. The fraction of sp³-hybridized carbons (Fsp3) is 0.714. The number of likely N-dealkylation sites (tertiary alicyclic amines) is 1. The Morgan fingerprint density at radius 2 is 2.55 bits per heavy atom. The molecule has 0 aromatic carbocycles. The molecule has 11 heavy (non-hydrogen) atoms. The highest BCUT2D eigenvalue weighted by atomic mass is 16.5. The van der Waals surface area contributed by atoms with Crippen molar-refractivity contribution in [2.24, 2.45) is 0 Å². The Kier molecular flexibility index (Phi) is 2.46. The maximum atomic E-state index is 10.8. The Morgan fingerprint density at radius 1 is 1.82 bits per heavy atom. The lowest BCUT2D eigenvalue weighted by molar-refractivity contribution is -0.140. The molecule has 0 radical (unpaired) electrons. The van der Waals surface area contributed by atoms with Gasteiger partial charge in [0.25, 0.3) is 0 Å². The number of carbonyl (C=O) groups is 1. The Bertz CT molecular complexity index is 179. The highest BCUT2D eigenvalue weighted by molar-refractivity contribution is 5.85. The van der Waals surface area contributed by atoms with Gasteiger partial charge < -0.3 is 9.64 Å². The molecular formula is C7H12N2O2. The number of nitrogens with one attached hydrogen (secondary N) is 1. The van der Waals surface area contributed by atoms with E-state index in [1.165, 1.54) is 7.11 Å². The van der Waals surface area contributed by atoms with Gasteiger partial charge in [-0.15, -0.1) is 0 Å². The first-order valence-corrected chi connectivity index (χ1v) is 3.63. The Morgan fingerprint density at radius 3 is 3.00 bits per heavy atom. The van der Waals surface area contributed by atoms with E-state index in [0.29, 0.717) is 5.84 Å². The number of rotatable bonds is 2. The minimum absolute atomic E-state index is 0.231. The zero-order chi connectivity index (χ0) is 8.27. The second-order valence-electron chi connectivity index (χ2n) is 2.55. The number of carbonyl (C=O) groups excluding carboxylic acids is 1. The predicted octanol–water partition coefficient (Wildman–Crippen LogP) is 0.232. The molecule has 0 aromatic heterocycles. The molecule has 4 heteroatoms. The number of nitrogens with zero attached hydrogens (tertiary/aromatic N) is 1. The van der Waals surface area contributed by atoms with E-state index in [9.17, 15) is 4.79 Å². The summed E-state index contributed by atoms with van der Waals surface area (Å²) in [7, 11) is 1.36. The van der Waals surface area contributed by atoms with Crippen LogP contribution in [0.5, 0.6) is 0 Å². The molecule has 0 spiro atoms. The first kappa shape index (κ1) is 8.04. The summed E-state index contributed by atoms with van der Waals surface area (Å²) in [6, 6.07) is 0.